The van der Waals surface area contributed by atoms with E-state index in [2.05, 4.69) is 10.2 Å². The second kappa shape index (κ2) is 8.98. The second-order valence-corrected chi connectivity index (χ2v) is 5.64. The highest BCUT2D eigenvalue weighted by Gasteiger charge is 2.26. The summed E-state index contributed by atoms with van der Waals surface area (Å²) >= 11 is 0. The fourth-order valence-corrected chi connectivity index (χ4v) is 2.93. The number of piperidine rings is 1. The third-order valence-electron chi connectivity index (χ3n) is 4.00. The predicted octanol–water partition coefficient (Wildman–Crippen LogP) is 2.26. The Morgan fingerprint density at radius 2 is 2.18 bits per heavy atom. The first-order valence-electron chi connectivity index (χ1n) is 7.54. The number of likely N-dealkylation sites (tertiary alicyclic amines) is 1. The third kappa shape index (κ3) is 4.87. The zero-order chi connectivity index (χ0) is 15.2. The Morgan fingerprint density at radius 3 is 2.86 bits per heavy atom. The standard InChI is InChI=1S/C16H25N3O2.ClH/c1-12(17)14-8-5-6-10-19(14)11-16(20)18-13-7-3-4-9-15(13)21-2;/h3-4,7,9,12,14H,5-6,8,10-11,17H2,1-2H3,(H,18,20);1H. The number of ether oxygens (including phenoxy) is 1. The summed E-state index contributed by atoms with van der Waals surface area (Å²) < 4.78 is 5.25. The number of rotatable bonds is 5. The number of hydrogen-bond donors (Lipinski definition) is 2. The van der Waals surface area contributed by atoms with Crippen molar-refractivity contribution in [2.24, 2.45) is 5.73 Å². The Morgan fingerprint density at radius 1 is 1.45 bits per heavy atom. The van der Waals surface area contributed by atoms with Crippen molar-refractivity contribution in [3.8, 4) is 5.75 Å². The van der Waals surface area contributed by atoms with Crippen molar-refractivity contribution < 1.29 is 9.53 Å². The molecule has 0 saturated carbocycles. The van der Waals surface area contributed by atoms with Gasteiger partial charge in [0.2, 0.25) is 5.91 Å². The van der Waals surface area contributed by atoms with Gasteiger partial charge in [0.05, 0.1) is 19.3 Å². The van der Waals surface area contributed by atoms with Crippen molar-refractivity contribution in [3.63, 3.8) is 0 Å². The normalized spacial score (nSPS) is 19.9. The van der Waals surface area contributed by atoms with E-state index in [-0.39, 0.29) is 24.4 Å². The van der Waals surface area contributed by atoms with Crippen LogP contribution in [0.2, 0.25) is 0 Å². The number of methoxy groups -OCH3 is 1. The van der Waals surface area contributed by atoms with E-state index in [0.29, 0.717) is 24.0 Å². The number of halogens is 1. The van der Waals surface area contributed by atoms with Gasteiger partial charge in [0.25, 0.3) is 0 Å². The topological polar surface area (TPSA) is 67.6 Å². The number of nitrogens with two attached hydrogens (primary N) is 1. The van der Waals surface area contributed by atoms with Crippen LogP contribution in [0.4, 0.5) is 5.69 Å². The number of hydrogen-bond acceptors (Lipinski definition) is 4. The molecule has 3 N–H and O–H groups in total. The summed E-state index contributed by atoms with van der Waals surface area (Å²) in [6.07, 6.45) is 3.39. The summed E-state index contributed by atoms with van der Waals surface area (Å²) in [5.41, 5.74) is 6.75. The van der Waals surface area contributed by atoms with Crippen LogP contribution in [0.25, 0.3) is 0 Å². The fraction of sp³-hybridized carbons (Fsp3) is 0.562. The number of amides is 1. The van der Waals surface area contributed by atoms with Crippen molar-refractivity contribution in [1.82, 2.24) is 4.90 Å². The number of anilines is 1. The first-order chi connectivity index (χ1) is 10.1. The zero-order valence-corrected chi connectivity index (χ0v) is 14.1. The number of nitrogens with one attached hydrogen (secondary N) is 1. The molecule has 6 heteroatoms. The van der Waals surface area contributed by atoms with E-state index in [9.17, 15) is 4.79 Å². The van der Waals surface area contributed by atoms with Crippen molar-refractivity contribution in [3.05, 3.63) is 24.3 Å². The van der Waals surface area contributed by atoms with Gasteiger partial charge in [-0.1, -0.05) is 18.6 Å². The Labute approximate surface area is 138 Å². The molecule has 2 unspecified atom stereocenters. The molecule has 1 amide bonds. The van der Waals surface area contributed by atoms with Gasteiger partial charge in [-0.3, -0.25) is 9.69 Å². The van der Waals surface area contributed by atoms with Crippen LogP contribution in [-0.4, -0.2) is 43.1 Å². The minimum atomic E-state index is -0.0212. The van der Waals surface area contributed by atoms with Crippen LogP contribution in [0.5, 0.6) is 5.75 Å². The van der Waals surface area contributed by atoms with E-state index in [1.165, 1.54) is 6.42 Å². The number of para-hydroxylation sites is 2. The maximum absolute atomic E-state index is 12.3. The molecule has 1 aliphatic heterocycles. The van der Waals surface area contributed by atoms with E-state index in [0.717, 1.165) is 19.4 Å². The quantitative estimate of drug-likeness (QED) is 0.870. The van der Waals surface area contributed by atoms with E-state index >= 15 is 0 Å². The van der Waals surface area contributed by atoms with Gasteiger partial charge >= 0.3 is 0 Å². The van der Waals surface area contributed by atoms with Gasteiger partial charge in [0, 0.05) is 12.1 Å². The van der Waals surface area contributed by atoms with E-state index in [4.69, 9.17) is 10.5 Å². The first kappa shape index (κ1) is 18.7. The van der Waals surface area contributed by atoms with Gasteiger partial charge < -0.3 is 15.8 Å². The molecule has 1 aromatic carbocycles. The van der Waals surface area contributed by atoms with Gasteiger partial charge in [-0.15, -0.1) is 12.4 Å². The third-order valence-corrected chi connectivity index (χ3v) is 4.00. The number of benzene rings is 1. The molecule has 1 fully saturated rings. The summed E-state index contributed by atoms with van der Waals surface area (Å²) in [5.74, 6) is 0.653. The number of carbonyl (C=O) groups excluding carboxylic acids is 1. The summed E-state index contributed by atoms with van der Waals surface area (Å²) in [6, 6.07) is 7.82. The van der Waals surface area contributed by atoms with Gasteiger partial charge in [-0.05, 0) is 38.4 Å². The van der Waals surface area contributed by atoms with Crippen LogP contribution in [0.3, 0.4) is 0 Å². The lowest BCUT2D eigenvalue weighted by Crippen LogP contribution is -2.51. The van der Waals surface area contributed by atoms with E-state index in [1.807, 2.05) is 31.2 Å². The van der Waals surface area contributed by atoms with E-state index in [1.54, 1.807) is 7.11 Å². The molecule has 0 aliphatic carbocycles. The molecule has 1 heterocycles. The maximum Gasteiger partial charge on any atom is 0.238 e. The smallest absolute Gasteiger partial charge is 0.238 e. The summed E-state index contributed by atoms with van der Waals surface area (Å²) in [7, 11) is 1.60. The van der Waals surface area contributed by atoms with Crippen molar-refractivity contribution in [1.29, 1.82) is 0 Å². The average Bonchev–Trinajstić information content (AvgIpc) is 2.48. The molecule has 124 valence electrons. The van der Waals surface area contributed by atoms with Crippen LogP contribution in [0.1, 0.15) is 26.2 Å². The minimum absolute atomic E-state index is 0. The molecular weight excluding hydrogens is 302 g/mol. The fourth-order valence-electron chi connectivity index (χ4n) is 2.93. The lowest BCUT2D eigenvalue weighted by molar-refractivity contribution is -0.118. The molecule has 0 aromatic heterocycles. The first-order valence-corrected chi connectivity index (χ1v) is 7.54. The van der Waals surface area contributed by atoms with Gasteiger partial charge in [0.15, 0.2) is 0 Å². The number of nitrogens with zero attached hydrogens (tertiary/aromatic N) is 1. The predicted molar refractivity (Wildman–Crippen MR) is 91.7 cm³/mol. The monoisotopic (exact) mass is 327 g/mol. The lowest BCUT2D eigenvalue weighted by atomic mass is 9.97. The maximum atomic E-state index is 12.3. The molecule has 1 saturated heterocycles. The second-order valence-electron chi connectivity index (χ2n) is 5.64. The molecule has 0 radical (unpaired) electrons. The van der Waals surface area contributed by atoms with Crippen LogP contribution in [-0.2, 0) is 4.79 Å². The van der Waals surface area contributed by atoms with Crippen LogP contribution in [0, 0.1) is 0 Å². The summed E-state index contributed by atoms with van der Waals surface area (Å²) in [5, 5.41) is 2.92. The van der Waals surface area contributed by atoms with Gasteiger partial charge in [-0.25, -0.2) is 0 Å². The summed E-state index contributed by atoms with van der Waals surface area (Å²) in [6.45, 7) is 3.33. The molecule has 0 spiro atoms. The van der Waals surface area contributed by atoms with Crippen molar-refractivity contribution >= 4 is 24.0 Å². The molecular formula is C16H26ClN3O2. The molecule has 2 rings (SSSR count). The number of carbonyl (C=O) groups is 1. The molecule has 5 nitrogen and oxygen atoms in total. The Balaban J connectivity index is 0.00000242. The van der Waals surface area contributed by atoms with Crippen molar-refractivity contribution in [2.75, 3.05) is 25.5 Å². The average molecular weight is 328 g/mol. The van der Waals surface area contributed by atoms with Gasteiger partial charge in [-0.2, -0.15) is 0 Å². The highest BCUT2D eigenvalue weighted by atomic mass is 35.5. The van der Waals surface area contributed by atoms with Crippen LogP contribution in [0.15, 0.2) is 24.3 Å². The zero-order valence-electron chi connectivity index (χ0n) is 13.2. The Hall–Kier alpha value is -1.30. The Kier molecular flexibility index (Phi) is 7.65. The highest BCUT2D eigenvalue weighted by molar-refractivity contribution is 5.93. The minimum Gasteiger partial charge on any atom is -0.495 e. The Bertz CT molecular complexity index is 482. The van der Waals surface area contributed by atoms with Gasteiger partial charge in [0.1, 0.15) is 5.75 Å². The SMILES string of the molecule is COc1ccccc1NC(=O)CN1CCCCC1C(C)N.Cl. The van der Waals surface area contributed by atoms with Crippen molar-refractivity contribution in [2.45, 2.75) is 38.3 Å². The molecule has 1 aromatic rings. The molecule has 22 heavy (non-hydrogen) atoms. The molecule has 1 aliphatic rings. The van der Waals surface area contributed by atoms with E-state index < -0.39 is 0 Å². The highest BCUT2D eigenvalue weighted by Crippen LogP contribution is 2.23. The van der Waals surface area contributed by atoms with Crippen LogP contribution >= 0.6 is 12.4 Å². The summed E-state index contributed by atoms with van der Waals surface area (Å²) in [4.78, 5) is 14.5. The molecule has 0 bridgehead atoms. The lowest BCUT2D eigenvalue weighted by Gasteiger charge is -2.37. The largest absolute Gasteiger partial charge is 0.495 e. The van der Waals surface area contributed by atoms with Crippen LogP contribution < -0.4 is 15.8 Å². The molecule has 2 atom stereocenters.